The molecule has 1 aromatic heterocycles. The van der Waals surface area contributed by atoms with Crippen LogP contribution >= 0.6 is 0 Å². The first kappa shape index (κ1) is 15.2. The van der Waals surface area contributed by atoms with Crippen LogP contribution in [0.5, 0.6) is 0 Å². The number of amides is 1. The van der Waals surface area contributed by atoms with Gasteiger partial charge in [0.15, 0.2) is 0 Å². The Morgan fingerprint density at radius 3 is 2.75 bits per heavy atom. The van der Waals surface area contributed by atoms with E-state index in [4.69, 9.17) is 0 Å². The Labute approximate surface area is 140 Å². The van der Waals surface area contributed by atoms with Crippen molar-refractivity contribution in [2.75, 3.05) is 7.05 Å². The molecule has 5 heteroatoms. The zero-order valence-electron chi connectivity index (χ0n) is 14.1. The molecule has 1 heterocycles. The van der Waals surface area contributed by atoms with E-state index in [0.29, 0.717) is 11.3 Å². The van der Waals surface area contributed by atoms with E-state index in [1.165, 1.54) is 6.07 Å². The molecule has 1 aromatic carbocycles. The summed E-state index contributed by atoms with van der Waals surface area (Å²) in [4.78, 5) is 12.7. The number of nitrogens with one attached hydrogen (secondary N) is 1. The molecule has 1 amide bonds. The first-order chi connectivity index (χ1) is 11.4. The lowest BCUT2D eigenvalue weighted by molar-refractivity contribution is -0.129. The summed E-state index contributed by atoms with van der Waals surface area (Å²) < 4.78 is 14.1. The minimum absolute atomic E-state index is 0.00157. The normalized spacial score (nSPS) is 26.2. The molecule has 2 bridgehead atoms. The van der Waals surface area contributed by atoms with E-state index in [1.54, 1.807) is 25.2 Å². The number of hydrogen-bond acceptors (Lipinski definition) is 3. The Morgan fingerprint density at radius 2 is 2.04 bits per heavy atom. The third-order valence-corrected chi connectivity index (χ3v) is 6.15. The second kappa shape index (κ2) is 4.85. The molecule has 2 aliphatic rings. The fraction of sp³-hybridized carbons (Fsp3) is 0.421. The van der Waals surface area contributed by atoms with Crippen LogP contribution in [0.15, 0.2) is 30.3 Å². The Kier molecular flexibility index (Phi) is 3.08. The van der Waals surface area contributed by atoms with Crippen molar-refractivity contribution < 1.29 is 9.18 Å². The van der Waals surface area contributed by atoms with Crippen LogP contribution < -0.4 is 5.32 Å². The van der Waals surface area contributed by atoms with Crippen LogP contribution in [-0.4, -0.2) is 23.2 Å². The predicted octanol–water partition coefficient (Wildman–Crippen LogP) is 3.18. The molecule has 24 heavy (non-hydrogen) atoms. The topological polar surface area (TPSA) is 54.9 Å². The number of benzene rings is 1. The minimum atomic E-state index is -0.636. The highest BCUT2D eigenvalue weighted by molar-refractivity contribution is 5.91. The van der Waals surface area contributed by atoms with Crippen LogP contribution in [0.1, 0.15) is 43.9 Å². The average molecular weight is 325 g/mol. The van der Waals surface area contributed by atoms with E-state index in [9.17, 15) is 9.18 Å². The van der Waals surface area contributed by atoms with Crippen molar-refractivity contribution in [1.29, 1.82) is 0 Å². The van der Waals surface area contributed by atoms with Gasteiger partial charge in [0.05, 0.1) is 16.8 Å². The molecule has 0 aliphatic heterocycles. The van der Waals surface area contributed by atoms with Gasteiger partial charge in [-0.25, -0.2) is 4.39 Å². The van der Waals surface area contributed by atoms with E-state index in [-0.39, 0.29) is 23.1 Å². The Hall–Kier alpha value is -2.30. The largest absolute Gasteiger partial charge is 0.358 e. The van der Waals surface area contributed by atoms with E-state index in [0.717, 1.165) is 24.1 Å². The van der Waals surface area contributed by atoms with Crippen LogP contribution in [0.3, 0.4) is 0 Å². The van der Waals surface area contributed by atoms with Crippen molar-refractivity contribution in [3.05, 3.63) is 47.4 Å². The Morgan fingerprint density at radius 1 is 1.29 bits per heavy atom. The van der Waals surface area contributed by atoms with Crippen LogP contribution in [0.4, 0.5) is 4.39 Å². The maximum Gasteiger partial charge on any atom is 0.232 e. The smallest absolute Gasteiger partial charge is 0.232 e. The molecular weight excluding hydrogens is 305 g/mol. The van der Waals surface area contributed by atoms with E-state index in [2.05, 4.69) is 29.4 Å². The molecule has 4 rings (SSSR count). The molecule has 2 atom stereocenters. The number of likely N-dealkylation sites (N-methyl/N-ethyl adjacent to an activating group) is 1. The van der Waals surface area contributed by atoms with Crippen molar-refractivity contribution in [3.8, 4) is 11.3 Å². The van der Waals surface area contributed by atoms with Gasteiger partial charge < -0.3 is 5.32 Å². The number of carbonyl (C=O) groups excluding carboxylic acids is 1. The van der Waals surface area contributed by atoms with E-state index in [1.807, 2.05) is 6.07 Å². The average Bonchev–Trinajstić information content (AvgIpc) is 2.96. The molecule has 0 spiro atoms. The molecule has 0 saturated heterocycles. The van der Waals surface area contributed by atoms with Gasteiger partial charge in [0.1, 0.15) is 5.82 Å². The molecule has 4 nitrogen and oxygen atoms in total. The second-order valence-corrected chi connectivity index (χ2v) is 7.31. The molecule has 1 N–H and O–H groups in total. The molecule has 124 valence electrons. The van der Waals surface area contributed by atoms with Gasteiger partial charge in [-0.2, -0.15) is 10.2 Å². The Balaban J connectivity index is 1.91. The number of nitrogens with zero attached hydrogens (tertiary/aromatic N) is 2. The highest BCUT2D eigenvalue weighted by Gasteiger charge is 2.67. The van der Waals surface area contributed by atoms with Crippen molar-refractivity contribution >= 4 is 5.91 Å². The molecule has 1 fully saturated rings. The molecule has 0 radical (unpaired) electrons. The van der Waals surface area contributed by atoms with Crippen LogP contribution in [0.25, 0.3) is 11.3 Å². The number of carbonyl (C=O) groups is 1. The summed E-state index contributed by atoms with van der Waals surface area (Å²) >= 11 is 0. The summed E-state index contributed by atoms with van der Waals surface area (Å²) in [6.07, 6.45) is 1.72. The minimum Gasteiger partial charge on any atom is -0.358 e. The zero-order valence-corrected chi connectivity index (χ0v) is 14.1. The first-order valence-corrected chi connectivity index (χ1v) is 8.28. The van der Waals surface area contributed by atoms with Crippen molar-refractivity contribution in [3.63, 3.8) is 0 Å². The highest BCUT2D eigenvalue weighted by atomic mass is 19.1. The lowest BCUT2D eigenvalue weighted by Crippen LogP contribution is -2.48. The standard InChI is InChI=1S/C19H20FN3O/c1-18(2)13-8-9-19(18,17(24)21-3)16-12(13)10-15(22-23-16)11-6-4-5-7-14(11)20/h4-7,10,13H,8-9H2,1-3H3,(H,21,24)/t13-,19+/m0/s1. The van der Waals surface area contributed by atoms with Gasteiger partial charge in [0.2, 0.25) is 5.91 Å². The number of rotatable bonds is 2. The molecule has 0 unspecified atom stereocenters. The van der Waals surface area contributed by atoms with Crippen LogP contribution in [0, 0.1) is 11.2 Å². The van der Waals surface area contributed by atoms with Gasteiger partial charge in [0.25, 0.3) is 0 Å². The molecular formula is C19H20FN3O. The quantitative estimate of drug-likeness (QED) is 0.922. The molecule has 1 saturated carbocycles. The third-order valence-electron chi connectivity index (χ3n) is 6.15. The first-order valence-electron chi connectivity index (χ1n) is 8.28. The summed E-state index contributed by atoms with van der Waals surface area (Å²) in [6.45, 7) is 4.26. The zero-order chi connectivity index (χ0) is 17.1. The fourth-order valence-electron chi connectivity index (χ4n) is 4.84. The maximum absolute atomic E-state index is 14.1. The monoisotopic (exact) mass is 325 g/mol. The Bertz CT molecular complexity index is 848. The van der Waals surface area contributed by atoms with Crippen LogP contribution in [-0.2, 0) is 10.2 Å². The lowest BCUT2D eigenvalue weighted by Gasteiger charge is -2.35. The summed E-state index contributed by atoms with van der Waals surface area (Å²) in [6, 6.07) is 8.50. The van der Waals surface area contributed by atoms with Gasteiger partial charge in [-0.15, -0.1) is 0 Å². The number of aromatic nitrogens is 2. The number of fused-ring (bicyclic) bond motifs is 5. The van der Waals surface area contributed by atoms with E-state index >= 15 is 0 Å². The van der Waals surface area contributed by atoms with Crippen molar-refractivity contribution in [2.24, 2.45) is 5.41 Å². The maximum atomic E-state index is 14.1. The third kappa shape index (κ3) is 1.65. The molecule has 2 aliphatic carbocycles. The molecule has 2 aromatic rings. The summed E-state index contributed by atoms with van der Waals surface area (Å²) in [5.74, 6) is -0.0669. The number of halogens is 1. The van der Waals surface area contributed by atoms with Gasteiger partial charge in [0, 0.05) is 12.6 Å². The van der Waals surface area contributed by atoms with Crippen molar-refractivity contribution in [2.45, 2.75) is 38.0 Å². The fourth-order valence-corrected chi connectivity index (χ4v) is 4.84. The lowest BCUT2D eigenvalue weighted by atomic mass is 9.68. The van der Waals surface area contributed by atoms with Gasteiger partial charge in [-0.3, -0.25) is 4.79 Å². The summed E-state index contributed by atoms with van der Waals surface area (Å²) in [7, 11) is 1.67. The van der Waals surface area contributed by atoms with Gasteiger partial charge in [-0.05, 0) is 47.9 Å². The predicted molar refractivity (Wildman–Crippen MR) is 88.9 cm³/mol. The second-order valence-electron chi connectivity index (χ2n) is 7.31. The van der Waals surface area contributed by atoms with Gasteiger partial charge >= 0.3 is 0 Å². The summed E-state index contributed by atoms with van der Waals surface area (Å²) in [5.41, 5.74) is 1.93. The number of hydrogen-bond donors (Lipinski definition) is 1. The van der Waals surface area contributed by atoms with Gasteiger partial charge in [-0.1, -0.05) is 26.0 Å². The van der Waals surface area contributed by atoms with Crippen LogP contribution in [0.2, 0.25) is 0 Å². The highest BCUT2D eigenvalue weighted by Crippen LogP contribution is 2.67. The van der Waals surface area contributed by atoms with Crippen molar-refractivity contribution in [1.82, 2.24) is 15.5 Å². The van der Waals surface area contributed by atoms with E-state index < -0.39 is 5.41 Å². The summed E-state index contributed by atoms with van der Waals surface area (Å²) in [5, 5.41) is 11.5. The SMILES string of the molecule is CNC(=O)[C@@]12CC[C@@H](c3cc(-c4ccccc4F)nnc31)C2(C)C.